The average Bonchev–Trinajstić information content (AvgIpc) is 3.11. The van der Waals surface area contributed by atoms with Crippen molar-refractivity contribution in [2.75, 3.05) is 19.7 Å². The monoisotopic (exact) mass is 369 g/mol. The van der Waals surface area contributed by atoms with Crippen LogP contribution >= 0.6 is 0 Å². The van der Waals surface area contributed by atoms with Gasteiger partial charge in [0.1, 0.15) is 5.75 Å². The van der Waals surface area contributed by atoms with Gasteiger partial charge in [-0.05, 0) is 43.4 Å². The quantitative estimate of drug-likeness (QED) is 0.864. The summed E-state index contributed by atoms with van der Waals surface area (Å²) in [6.07, 6.45) is 1.55. The summed E-state index contributed by atoms with van der Waals surface area (Å²) in [7, 11) is 0. The molecule has 0 bridgehead atoms. The van der Waals surface area contributed by atoms with E-state index in [9.17, 15) is 23.5 Å². The summed E-state index contributed by atoms with van der Waals surface area (Å²) in [5, 5.41) is 9.28. The largest absolute Gasteiger partial charge is 0.481 e. The Morgan fingerprint density at radius 1 is 1.23 bits per heavy atom. The Labute approximate surface area is 149 Å². The number of ether oxygens (including phenoxy) is 2. The molecule has 8 heteroatoms. The summed E-state index contributed by atoms with van der Waals surface area (Å²) >= 11 is 0. The first kappa shape index (κ1) is 18.6. The molecule has 2 atom stereocenters. The molecule has 0 aromatic heterocycles. The Bertz CT molecular complexity index is 661. The smallest absolute Gasteiger partial charge is 0.387 e. The topological polar surface area (TPSA) is 76.1 Å². The Balaban J connectivity index is 1.59. The number of benzene rings is 1. The molecule has 1 aromatic rings. The van der Waals surface area contributed by atoms with Gasteiger partial charge in [-0.3, -0.25) is 9.59 Å². The van der Waals surface area contributed by atoms with Gasteiger partial charge in [-0.25, -0.2) is 0 Å². The number of halogens is 2. The van der Waals surface area contributed by atoms with E-state index in [-0.39, 0.29) is 23.7 Å². The minimum Gasteiger partial charge on any atom is -0.481 e. The molecule has 142 valence electrons. The van der Waals surface area contributed by atoms with E-state index in [0.717, 1.165) is 0 Å². The number of rotatable bonds is 5. The zero-order chi connectivity index (χ0) is 18.7. The number of amides is 1. The highest BCUT2D eigenvalue weighted by atomic mass is 19.3. The fourth-order valence-electron chi connectivity index (χ4n) is 3.76. The third-order valence-corrected chi connectivity index (χ3v) is 5.05. The van der Waals surface area contributed by atoms with Gasteiger partial charge >= 0.3 is 12.6 Å². The highest BCUT2D eigenvalue weighted by Gasteiger charge is 2.40. The molecule has 2 heterocycles. The maximum absolute atomic E-state index is 12.6. The lowest BCUT2D eigenvalue weighted by molar-refractivity contribution is -0.145. The Kier molecular flexibility index (Phi) is 5.70. The molecule has 2 fully saturated rings. The molecule has 0 spiro atoms. The van der Waals surface area contributed by atoms with Crippen LogP contribution in [-0.2, 0) is 9.53 Å². The number of aliphatic carboxylic acids is 1. The molecular weight excluding hydrogens is 348 g/mol. The van der Waals surface area contributed by atoms with Gasteiger partial charge in [0.25, 0.3) is 5.91 Å². The van der Waals surface area contributed by atoms with Gasteiger partial charge in [0.15, 0.2) is 0 Å². The van der Waals surface area contributed by atoms with Gasteiger partial charge in [-0.2, -0.15) is 8.78 Å². The minimum atomic E-state index is -2.94. The van der Waals surface area contributed by atoms with Gasteiger partial charge in [-0.15, -0.1) is 0 Å². The summed E-state index contributed by atoms with van der Waals surface area (Å²) in [4.78, 5) is 25.6. The molecule has 0 aliphatic carbocycles. The number of piperidine rings is 1. The molecule has 2 aliphatic rings. The first-order chi connectivity index (χ1) is 12.5. The minimum absolute atomic E-state index is 0.0515. The van der Waals surface area contributed by atoms with Crippen molar-refractivity contribution in [3.8, 4) is 5.75 Å². The summed E-state index contributed by atoms with van der Waals surface area (Å²) in [5.41, 5.74) is 0.294. The van der Waals surface area contributed by atoms with Crippen molar-refractivity contribution >= 4 is 11.9 Å². The van der Waals surface area contributed by atoms with Crippen molar-refractivity contribution in [3.63, 3.8) is 0 Å². The molecule has 1 aromatic carbocycles. The molecule has 3 rings (SSSR count). The van der Waals surface area contributed by atoms with Gasteiger partial charge in [0.2, 0.25) is 0 Å². The van der Waals surface area contributed by atoms with Gasteiger partial charge in [-0.1, -0.05) is 6.07 Å². The van der Waals surface area contributed by atoms with Crippen molar-refractivity contribution in [1.82, 2.24) is 4.90 Å². The zero-order valence-electron chi connectivity index (χ0n) is 14.1. The van der Waals surface area contributed by atoms with E-state index in [1.54, 1.807) is 11.0 Å². The van der Waals surface area contributed by atoms with Crippen LogP contribution in [0.3, 0.4) is 0 Å². The maximum Gasteiger partial charge on any atom is 0.387 e. The summed E-state index contributed by atoms with van der Waals surface area (Å²) < 4.78 is 34.6. The lowest BCUT2D eigenvalue weighted by atomic mass is 9.84. The van der Waals surface area contributed by atoms with Crippen molar-refractivity contribution in [2.24, 2.45) is 11.8 Å². The third kappa shape index (κ3) is 4.12. The second kappa shape index (κ2) is 7.99. The molecule has 2 saturated heterocycles. The first-order valence-corrected chi connectivity index (χ1v) is 8.64. The van der Waals surface area contributed by atoms with Crippen LogP contribution in [-0.4, -0.2) is 54.3 Å². The predicted octanol–water partition coefficient (Wildman–Crippen LogP) is 2.63. The molecule has 6 nitrogen and oxygen atoms in total. The van der Waals surface area contributed by atoms with E-state index in [2.05, 4.69) is 4.74 Å². The van der Waals surface area contributed by atoms with E-state index in [0.29, 0.717) is 44.5 Å². The SMILES string of the molecule is O=C(O)C1CCO[C@H]1C1CCN(C(=O)c2cccc(OC(F)F)c2)CC1. The van der Waals surface area contributed by atoms with Crippen LogP contribution < -0.4 is 4.74 Å². The number of alkyl halides is 2. The van der Waals surface area contributed by atoms with E-state index in [4.69, 9.17) is 4.74 Å². The highest BCUT2D eigenvalue weighted by Crippen LogP contribution is 2.33. The number of carbonyl (C=O) groups excluding carboxylic acids is 1. The zero-order valence-corrected chi connectivity index (χ0v) is 14.1. The van der Waals surface area contributed by atoms with Crippen LogP contribution in [0.5, 0.6) is 5.75 Å². The van der Waals surface area contributed by atoms with Crippen molar-refractivity contribution in [1.29, 1.82) is 0 Å². The fourth-order valence-corrected chi connectivity index (χ4v) is 3.76. The van der Waals surface area contributed by atoms with Crippen LogP contribution in [0.2, 0.25) is 0 Å². The second-order valence-corrected chi connectivity index (χ2v) is 6.60. The second-order valence-electron chi connectivity index (χ2n) is 6.60. The number of likely N-dealkylation sites (tertiary alicyclic amines) is 1. The number of carbonyl (C=O) groups is 2. The number of carboxylic acids is 1. The van der Waals surface area contributed by atoms with Crippen LogP contribution in [0.4, 0.5) is 8.78 Å². The Hall–Kier alpha value is -2.22. The van der Waals surface area contributed by atoms with E-state index in [1.165, 1.54) is 18.2 Å². The number of hydrogen-bond acceptors (Lipinski definition) is 4. The Morgan fingerprint density at radius 3 is 2.62 bits per heavy atom. The van der Waals surface area contributed by atoms with Gasteiger partial charge in [0.05, 0.1) is 12.0 Å². The molecule has 1 unspecified atom stereocenters. The fraction of sp³-hybridized carbons (Fsp3) is 0.556. The third-order valence-electron chi connectivity index (χ3n) is 5.05. The lowest BCUT2D eigenvalue weighted by Gasteiger charge is -2.35. The normalized spacial score (nSPS) is 24.0. The van der Waals surface area contributed by atoms with Crippen LogP contribution in [0.15, 0.2) is 24.3 Å². The van der Waals surface area contributed by atoms with Crippen molar-refractivity contribution in [3.05, 3.63) is 29.8 Å². The molecular formula is C18H21F2NO5. The predicted molar refractivity (Wildman–Crippen MR) is 87.2 cm³/mol. The van der Waals surface area contributed by atoms with Crippen molar-refractivity contribution in [2.45, 2.75) is 32.0 Å². The van der Waals surface area contributed by atoms with Crippen molar-refractivity contribution < 1.29 is 33.0 Å². The van der Waals surface area contributed by atoms with E-state index in [1.807, 2.05) is 0 Å². The molecule has 0 radical (unpaired) electrons. The molecule has 1 N–H and O–H groups in total. The summed E-state index contributed by atoms with van der Waals surface area (Å²) in [6, 6.07) is 5.74. The molecule has 1 amide bonds. The van der Waals surface area contributed by atoms with E-state index >= 15 is 0 Å². The molecule has 26 heavy (non-hydrogen) atoms. The number of hydrogen-bond donors (Lipinski definition) is 1. The highest BCUT2D eigenvalue weighted by molar-refractivity contribution is 5.94. The number of carboxylic acid groups (broad SMARTS) is 1. The molecule has 0 saturated carbocycles. The molecule has 2 aliphatic heterocycles. The van der Waals surface area contributed by atoms with Crippen LogP contribution in [0.1, 0.15) is 29.6 Å². The average molecular weight is 369 g/mol. The van der Waals surface area contributed by atoms with Crippen LogP contribution in [0, 0.1) is 11.8 Å². The Morgan fingerprint density at radius 2 is 1.96 bits per heavy atom. The lowest BCUT2D eigenvalue weighted by Crippen LogP contribution is -2.43. The summed E-state index contributed by atoms with van der Waals surface area (Å²) in [5.74, 6) is -1.50. The van der Waals surface area contributed by atoms with Gasteiger partial charge in [0, 0.05) is 25.3 Å². The van der Waals surface area contributed by atoms with E-state index < -0.39 is 18.5 Å². The van der Waals surface area contributed by atoms with Crippen LogP contribution in [0.25, 0.3) is 0 Å². The first-order valence-electron chi connectivity index (χ1n) is 8.64. The number of nitrogens with zero attached hydrogens (tertiary/aromatic N) is 1. The summed E-state index contributed by atoms with van der Waals surface area (Å²) in [6.45, 7) is -1.52. The van der Waals surface area contributed by atoms with Gasteiger partial charge < -0.3 is 19.5 Å². The maximum atomic E-state index is 12.6. The standard InChI is InChI=1S/C18H21F2NO5/c19-18(20)26-13-3-1-2-12(10-13)16(22)21-7-4-11(5-8-21)15-14(17(23)24)6-9-25-15/h1-3,10-11,14-15,18H,4-9H2,(H,23,24)/t14?,15-/m0/s1.